The van der Waals surface area contributed by atoms with Crippen LogP contribution in [0, 0.1) is 13.8 Å². The second-order valence-corrected chi connectivity index (χ2v) is 7.56. The van der Waals surface area contributed by atoms with Crippen molar-refractivity contribution in [1.29, 1.82) is 0 Å². The van der Waals surface area contributed by atoms with E-state index in [1.807, 2.05) is 45.2 Å². The number of methoxy groups -OCH3 is 1. The summed E-state index contributed by atoms with van der Waals surface area (Å²) in [6.45, 7) is 3.73. The number of nitrogens with one attached hydrogen (secondary N) is 2. The van der Waals surface area contributed by atoms with Crippen molar-refractivity contribution in [2.75, 3.05) is 12.4 Å². The van der Waals surface area contributed by atoms with Gasteiger partial charge in [0.1, 0.15) is 35.2 Å². The fourth-order valence-corrected chi connectivity index (χ4v) is 3.67. The van der Waals surface area contributed by atoms with Crippen molar-refractivity contribution in [1.82, 2.24) is 39.5 Å². The van der Waals surface area contributed by atoms with Crippen molar-refractivity contribution >= 4 is 22.5 Å². The summed E-state index contributed by atoms with van der Waals surface area (Å²) in [5.41, 5.74) is 2.69. The summed E-state index contributed by atoms with van der Waals surface area (Å²) in [7, 11) is 3.38. The number of ether oxygens (including phenoxy) is 1. The number of hydrogen-bond donors (Lipinski definition) is 2. The fraction of sp³-hybridized carbons (Fsp3) is 0.182. The Labute approximate surface area is 188 Å². The first kappa shape index (κ1) is 20.4. The Morgan fingerprint density at radius 3 is 2.64 bits per heavy atom. The average molecular weight is 443 g/mol. The average Bonchev–Trinajstić information content (AvgIpc) is 3.35. The molecule has 0 unspecified atom stereocenters. The van der Waals surface area contributed by atoms with Crippen LogP contribution in [0.1, 0.15) is 11.5 Å². The number of nitrogens with zero attached hydrogens (tertiary/aromatic N) is 7. The maximum Gasteiger partial charge on any atom is 0.273 e. The van der Waals surface area contributed by atoms with Crippen molar-refractivity contribution in [3.05, 3.63) is 64.7 Å². The summed E-state index contributed by atoms with van der Waals surface area (Å²) in [5.74, 6) is 2.97. The number of anilines is 2. The second kappa shape index (κ2) is 7.86. The molecule has 0 radical (unpaired) electrons. The number of rotatable bonds is 5. The quantitative estimate of drug-likeness (QED) is 0.424. The van der Waals surface area contributed by atoms with Gasteiger partial charge in [0, 0.05) is 36.6 Å². The van der Waals surface area contributed by atoms with E-state index >= 15 is 0 Å². The van der Waals surface area contributed by atoms with Gasteiger partial charge in [-0.25, -0.2) is 24.6 Å². The molecule has 166 valence electrons. The maximum absolute atomic E-state index is 12.6. The molecule has 0 atom stereocenters. The van der Waals surface area contributed by atoms with Crippen molar-refractivity contribution < 1.29 is 4.74 Å². The van der Waals surface area contributed by atoms with E-state index in [-0.39, 0.29) is 5.56 Å². The van der Waals surface area contributed by atoms with Gasteiger partial charge in [-0.05, 0) is 32.0 Å². The van der Waals surface area contributed by atoms with Gasteiger partial charge in [0.25, 0.3) is 5.56 Å². The van der Waals surface area contributed by atoms with E-state index < -0.39 is 0 Å². The zero-order valence-corrected chi connectivity index (χ0v) is 18.5. The van der Waals surface area contributed by atoms with E-state index in [9.17, 15) is 4.79 Å². The normalized spacial score (nSPS) is 11.2. The van der Waals surface area contributed by atoms with Crippen LogP contribution in [0.25, 0.3) is 28.0 Å². The van der Waals surface area contributed by atoms with Gasteiger partial charge in [-0.15, -0.1) is 0 Å². The van der Waals surface area contributed by atoms with E-state index in [2.05, 4.69) is 35.5 Å². The van der Waals surface area contributed by atoms with E-state index in [1.165, 1.54) is 6.20 Å². The van der Waals surface area contributed by atoms with Gasteiger partial charge in [-0.1, -0.05) is 0 Å². The zero-order chi connectivity index (χ0) is 23.1. The third kappa shape index (κ3) is 3.80. The number of fused-ring (bicyclic) bond motifs is 1. The Balaban J connectivity index is 1.59. The monoisotopic (exact) mass is 443 g/mol. The van der Waals surface area contributed by atoms with Crippen molar-refractivity contribution in [3.63, 3.8) is 0 Å². The molecule has 5 rings (SSSR count). The Hall–Kier alpha value is -4.54. The molecule has 5 aromatic rings. The molecule has 0 saturated carbocycles. The molecule has 0 aliphatic heterocycles. The molecule has 0 aliphatic carbocycles. The van der Waals surface area contributed by atoms with Crippen LogP contribution in [0.4, 0.5) is 11.6 Å². The van der Waals surface area contributed by atoms with Crippen LogP contribution >= 0.6 is 0 Å². The smallest absolute Gasteiger partial charge is 0.273 e. The Morgan fingerprint density at radius 1 is 1.06 bits per heavy atom. The summed E-state index contributed by atoms with van der Waals surface area (Å²) < 4.78 is 8.94. The van der Waals surface area contributed by atoms with Gasteiger partial charge in [-0.3, -0.25) is 14.6 Å². The molecule has 11 heteroatoms. The summed E-state index contributed by atoms with van der Waals surface area (Å²) >= 11 is 0. The number of H-pyrrole nitrogens is 1. The molecule has 33 heavy (non-hydrogen) atoms. The van der Waals surface area contributed by atoms with Gasteiger partial charge in [0.05, 0.1) is 18.0 Å². The van der Waals surface area contributed by atoms with Crippen LogP contribution in [-0.4, -0.2) is 46.6 Å². The van der Waals surface area contributed by atoms with Gasteiger partial charge in [0.15, 0.2) is 5.82 Å². The second-order valence-electron chi connectivity index (χ2n) is 7.56. The summed E-state index contributed by atoms with van der Waals surface area (Å²) in [5, 5.41) is 10.8. The predicted octanol–water partition coefficient (Wildman–Crippen LogP) is 2.67. The zero-order valence-electron chi connectivity index (χ0n) is 18.5. The Morgan fingerprint density at radius 2 is 1.91 bits per heavy atom. The molecular formula is C22H21N9O2. The topological polar surface area (TPSA) is 128 Å². The van der Waals surface area contributed by atoms with Crippen LogP contribution in [0.3, 0.4) is 0 Å². The highest BCUT2D eigenvalue weighted by atomic mass is 16.5. The molecule has 2 N–H and O–H groups in total. The Kier molecular flexibility index (Phi) is 4.85. The highest BCUT2D eigenvalue weighted by Gasteiger charge is 2.16. The SMILES string of the molecule is COc1cc(-c2ncn(C)n2)ccc1-n1[nH]c(=O)c2cnc(Nc3cc(C)nc(C)n3)cc21. The van der Waals surface area contributed by atoms with Gasteiger partial charge < -0.3 is 10.1 Å². The molecular weight excluding hydrogens is 422 g/mol. The van der Waals surface area contributed by atoms with E-state index in [0.717, 1.165) is 11.3 Å². The van der Waals surface area contributed by atoms with E-state index in [1.54, 1.807) is 28.9 Å². The highest BCUT2D eigenvalue weighted by Crippen LogP contribution is 2.30. The molecule has 0 saturated heterocycles. The van der Waals surface area contributed by atoms with Gasteiger partial charge in [-0.2, -0.15) is 5.10 Å². The largest absolute Gasteiger partial charge is 0.494 e. The number of hydrogen-bond acceptors (Lipinski definition) is 8. The molecule has 0 amide bonds. The molecule has 11 nitrogen and oxygen atoms in total. The molecule has 0 fully saturated rings. The van der Waals surface area contributed by atoms with Crippen LogP contribution in [0.15, 0.2) is 47.7 Å². The molecule has 4 aromatic heterocycles. The summed E-state index contributed by atoms with van der Waals surface area (Å²) in [6.07, 6.45) is 3.17. The first-order valence-electron chi connectivity index (χ1n) is 10.2. The lowest BCUT2D eigenvalue weighted by Crippen LogP contribution is -2.05. The molecule has 0 bridgehead atoms. The van der Waals surface area contributed by atoms with Crippen LogP contribution in [0.2, 0.25) is 0 Å². The van der Waals surface area contributed by atoms with Crippen molar-refractivity contribution in [2.45, 2.75) is 13.8 Å². The number of aryl methyl sites for hydroxylation is 3. The summed E-state index contributed by atoms with van der Waals surface area (Å²) in [6, 6.07) is 9.18. The van der Waals surface area contributed by atoms with E-state index in [4.69, 9.17) is 4.74 Å². The predicted molar refractivity (Wildman–Crippen MR) is 123 cm³/mol. The summed E-state index contributed by atoms with van der Waals surface area (Å²) in [4.78, 5) is 29.9. The van der Waals surface area contributed by atoms with Crippen molar-refractivity contribution in [3.8, 4) is 22.8 Å². The number of aromatic nitrogens is 8. The van der Waals surface area contributed by atoms with Gasteiger partial charge >= 0.3 is 0 Å². The third-order valence-electron chi connectivity index (χ3n) is 5.08. The molecule has 4 heterocycles. The van der Waals surface area contributed by atoms with Gasteiger partial charge in [0.2, 0.25) is 0 Å². The van der Waals surface area contributed by atoms with Crippen molar-refractivity contribution in [2.24, 2.45) is 7.05 Å². The maximum atomic E-state index is 12.6. The lowest BCUT2D eigenvalue weighted by atomic mass is 10.1. The van der Waals surface area contributed by atoms with Crippen LogP contribution < -0.4 is 15.6 Å². The minimum absolute atomic E-state index is 0.254. The lowest BCUT2D eigenvalue weighted by Gasteiger charge is -2.12. The number of aromatic amines is 1. The van der Waals surface area contributed by atoms with Crippen LogP contribution in [0.5, 0.6) is 5.75 Å². The third-order valence-corrected chi connectivity index (χ3v) is 5.08. The standard InChI is InChI=1S/C22H21N9O2/c1-12-7-20(26-13(2)25-12)27-19-9-17-15(10-23-19)22(32)29-31(17)16-6-5-14(8-18(16)33-4)21-24-11-30(3)28-21/h5-11H,1-4H3,(H,29,32)(H,23,25,26,27). The first-order chi connectivity index (χ1) is 15.9. The van der Waals surface area contributed by atoms with Crippen LogP contribution in [-0.2, 0) is 7.05 Å². The lowest BCUT2D eigenvalue weighted by molar-refractivity contribution is 0.412. The van der Waals surface area contributed by atoms with E-state index in [0.29, 0.717) is 45.6 Å². The minimum atomic E-state index is -0.254. The highest BCUT2D eigenvalue weighted by molar-refractivity contribution is 5.83. The fourth-order valence-electron chi connectivity index (χ4n) is 3.67. The number of pyridine rings is 1. The molecule has 0 aliphatic rings. The minimum Gasteiger partial charge on any atom is -0.494 e. The number of benzene rings is 1. The molecule has 0 spiro atoms. The Bertz CT molecular complexity index is 1530. The molecule has 1 aromatic carbocycles. The first-order valence-corrected chi connectivity index (χ1v) is 10.2.